The van der Waals surface area contributed by atoms with Crippen molar-refractivity contribution in [3.05, 3.63) is 30.0 Å². The smallest absolute Gasteiger partial charge is 0.490 e. The van der Waals surface area contributed by atoms with Crippen LogP contribution >= 0.6 is 0 Å². The van der Waals surface area contributed by atoms with Gasteiger partial charge < -0.3 is 24.7 Å². The molecule has 0 spiro atoms. The highest BCUT2D eigenvalue weighted by atomic mass is 19.4. The molecule has 138 valence electrons. The number of rotatable bonds is 6. The SMILES string of the molecule is COc1cccc2cc(CNCCC(=O)O)oc12.O=C(O)C(F)(F)F. The molecule has 0 saturated heterocycles. The molecule has 0 amide bonds. The highest BCUT2D eigenvalue weighted by molar-refractivity contribution is 5.83. The second kappa shape index (κ2) is 8.92. The maximum absolute atomic E-state index is 10.6. The first kappa shape index (κ1) is 20.3. The minimum atomic E-state index is -5.08. The summed E-state index contributed by atoms with van der Waals surface area (Å²) in [5.41, 5.74) is 0.718. The average molecular weight is 363 g/mol. The fraction of sp³-hybridized carbons (Fsp3) is 0.333. The highest BCUT2D eigenvalue weighted by Crippen LogP contribution is 2.28. The number of para-hydroxylation sites is 1. The van der Waals surface area contributed by atoms with Gasteiger partial charge in [-0.2, -0.15) is 13.2 Å². The van der Waals surface area contributed by atoms with Crippen molar-refractivity contribution in [1.82, 2.24) is 5.32 Å². The Morgan fingerprint density at radius 3 is 2.44 bits per heavy atom. The van der Waals surface area contributed by atoms with Crippen LogP contribution in [0.2, 0.25) is 0 Å². The van der Waals surface area contributed by atoms with Gasteiger partial charge in [0.15, 0.2) is 11.3 Å². The van der Waals surface area contributed by atoms with E-state index in [-0.39, 0.29) is 6.42 Å². The van der Waals surface area contributed by atoms with Crippen LogP contribution < -0.4 is 10.1 Å². The van der Waals surface area contributed by atoms with Crippen molar-refractivity contribution < 1.29 is 42.1 Å². The molecule has 0 aliphatic carbocycles. The van der Waals surface area contributed by atoms with Gasteiger partial charge >= 0.3 is 18.1 Å². The van der Waals surface area contributed by atoms with E-state index in [9.17, 15) is 18.0 Å². The first-order valence-corrected chi connectivity index (χ1v) is 6.93. The lowest BCUT2D eigenvalue weighted by Crippen LogP contribution is -2.21. The second-order valence-corrected chi connectivity index (χ2v) is 4.71. The van der Waals surface area contributed by atoms with Crippen LogP contribution in [0.25, 0.3) is 11.0 Å². The van der Waals surface area contributed by atoms with E-state index in [0.717, 1.165) is 16.7 Å². The van der Waals surface area contributed by atoms with Crippen LogP contribution in [0.5, 0.6) is 5.75 Å². The number of carboxylic acids is 2. The van der Waals surface area contributed by atoms with E-state index in [1.54, 1.807) is 7.11 Å². The maximum atomic E-state index is 10.6. The lowest BCUT2D eigenvalue weighted by Gasteiger charge is -2.00. The number of fused-ring (bicyclic) bond motifs is 1. The fourth-order valence-electron chi connectivity index (χ4n) is 1.74. The van der Waals surface area contributed by atoms with Crippen LogP contribution in [0.15, 0.2) is 28.7 Å². The van der Waals surface area contributed by atoms with Crippen molar-refractivity contribution in [2.75, 3.05) is 13.7 Å². The van der Waals surface area contributed by atoms with Gasteiger partial charge in [0.25, 0.3) is 0 Å². The van der Waals surface area contributed by atoms with E-state index in [1.165, 1.54) is 0 Å². The van der Waals surface area contributed by atoms with Crippen LogP contribution in [0.3, 0.4) is 0 Å². The lowest BCUT2D eigenvalue weighted by atomic mass is 10.2. The van der Waals surface area contributed by atoms with Crippen molar-refractivity contribution in [1.29, 1.82) is 0 Å². The molecule has 1 heterocycles. The van der Waals surface area contributed by atoms with Gasteiger partial charge in [-0.3, -0.25) is 4.79 Å². The largest absolute Gasteiger partial charge is 0.493 e. The molecule has 1 aromatic carbocycles. The molecule has 0 aliphatic heterocycles. The predicted molar refractivity (Wildman–Crippen MR) is 80.4 cm³/mol. The molecule has 0 aliphatic rings. The standard InChI is InChI=1S/C13H15NO4.C2HF3O2/c1-17-11-4-2-3-9-7-10(18-13(9)11)8-14-6-5-12(15)16;3-2(4,5)1(6)7/h2-4,7,14H,5-6,8H2,1H3,(H,15,16);(H,6,7). The Hall–Kier alpha value is -2.75. The molecule has 10 heteroatoms. The van der Waals surface area contributed by atoms with Crippen LogP contribution in [0, 0.1) is 0 Å². The van der Waals surface area contributed by atoms with Crippen LogP contribution in [0.4, 0.5) is 13.2 Å². The number of halogens is 3. The van der Waals surface area contributed by atoms with E-state index in [2.05, 4.69) is 5.32 Å². The summed E-state index contributed by atoms with van der Waals surface area (Å²) in [6.07, 6.45) is -4.98. The molecule has 1 aromatic heterocycles. The minimum absolute atomic E-state index is 0.101. The molecule has 25 heavy (non-hydrogen) atoms. The number of ether oxygens (including phenoxy) is 1. The number of furan rings is 1. The van der Waals surface area contributed by atoms with E-state index < -0.39 is 18.1 Å². The third kappa shape index (κ3) is 6.71. The quantitative estimate of drug-likeness (QED) is 0.677. The zero-order valence-corrected chi connectivity index (χ0v) is 13.1. The third-order valence-corrected chi connectivity index (χ3v) is 2.84. The van der Waals surface area contributed by atoms with Crippen LogP contribution in [0.1, 0.15) is 12.2 Å². The van der Waals surface area contributed by atoms with Crippen molar-refractivity contribution in [3.8, 4) is 5.75 Å². The number of methoxy groups -OCH3 is 1. The molecule has 3 N–H and O–H groups in total. The lowest BCUT2D eigenvalue weighted by molar-refractivity contribution is -0.192. The van der Waals surface area contributed by atoms with Gasteiger partial charge in [-0.25, -0.2) is 4.79 Å². The first-order valence-electron chi connectivity index (χ1n) is 6.93. The van der Waals surface area contributed by atoms with Crippen LogP contribution in [-0.4, -0.2) is 42.0 Å². The molecule has 0 saturated carbocycles. The normalized spacial score (nSPS) is 10.9. The minimum Gasteiger partial charge on any atom is -0.493 e. The Labute approximate surface area is 140 Å². The molecule has 0 radical (unpaired) electrons. The summed E-state index contributed by atoms with van der Waals surface area (Å²) in [4.78, 5) is 19.3. The molecule has 7 nitrogen and oxygen atoms in total. The van der Waals surface area contributed by atoms with Gasteiger partial charge in [0.1, 0.15) is 5.76 Å². The number of nitrogens with one attached hydrogen (secondary N) is 1. The van der Waals surface area contributed by atoms with Gasteiger partial charge in [0.05, 0.1) is 20.1 Å². The second-order valence-electron chi connectivity index (χ2n) is 4.71. The average Bonchev–Trinajstić information content (AvgIpc) is 2.93. The molecular formula is C15H16F3NO6. The maximum Gasteiger partial charge on any atom is 0.490 e. The number of carbonyl (C=O) groups is 2. The topological polar surface area (TPSA) is 109 Å². The Morgan fingerprint density at radius 2 is 1.92 bits per heavy atom. The molecule has 2 aromatic rings. The number of aliphatic carboxylic acids is 2. The van der Waals surface area contributed by atoms with E-state index in [0.29, 0.717) is 18.8 Å². The molecule has 0 fully saturated rings. The summed E-state index contributed by atoms with van der Waals surface area (Å²) in [5.74, 6) is -2.11. The predicted octanol–water partition coefficient (Wildman–Crippen LogP) is 2.64. The molecule has 2 rings (SSSR count). The number of hydrogen-bond acceptors (Lipinski definition) is 5. The summed E-state index contributed by atoms with van der Waals surface area (Å²) in [6.45, 7) is 0.925. The Morgan fingerprint density at radius 1 is 1.28 bits per heavy atom. The van der Waals surface area contributed by atoms with Crippen LogP contribution in [-0.2, 0) is 16.1 Å². The Kier molecular flexibility index (Phi) is 7.24. The summed E-state index contributed by atoms with van der Waals surface area (Å²) < 4.78 is 42.6. The molecule has 0 atom stereocenters. The monoisotopic (exact) mass is 363 g/mol. The van der Waals surface area contributed by atoms with E-state index >= 15 is 0 Å². The highest BCUT2D eigenvalue weighted by Gasteiger charge is 2.38. The van der Waals surface area contributed by atoms with Gasteiger partial charge in [-0.15, -0.1) is 0 Å². The zero-order chi connectivity index (χ0) is 19.0. The van der Waals surface area contributed by atoms with E-state index in [4.69, 9.17) is 24.2 Å². The summed E-state index contributed by atoms with van der Waals surface area (Å²) in [6, 6.07) is 7.61. The van der Waals surface area contributed by atoms with Crippen molar-refractivity contribution in [2.45, 2.75) is 19.1 Å². The molecule has 0 bridgehead atoms. The van der Waals surface area contributed by atoms with Crippen molar-refractivity contribution in [3.63, 3.8) is 0 Å². The zero-order valence-electron chi connectivity index (χ0n) is 13.1. The van der Waals surface area contributed by atoms with Crippen molar-refractivity contribution in [2.24, 2.45) is 0 Å². The summed E-state index contributed by atoms with van der Waals surface area (Å²) in [5, 5.41) is 19.6. The number of alkyl halides is 3. The summed E-state index contributed by atoms with van der Waals surface area (Å²) in [7, 11) is 1.60. The first-order chi connectivity index (χ1) is 11.6. The van der Waals surface area contributed by atoms with Gasteiger partial charge in [0, 0.05) is 11.9 Å². The van der Waals surface area contributed by atoms with Gasteiger partial charge in [0.2, 0.25) is 0 Å². The number of hydrogen-bond donors (Lipinski definition) is 3. The molecule has 0 unspecified atom stereocenters. The van der Waals surface area contributed by atoms with Crippen molar-refractivity contribution >= 4 is 22.9 Å². The molecular weight excluding hydrogens is 347 g/mol. The summed E-state index contributed by atoms with van der Waals surface area (Å²) >= 11 is 0. The van der Waals surface area contributed by atoms with E-state index in [1.807, 2.05) is 24.3 Å². The van der Waals surface area contributed by atoms with Gasteiger partial charge in [-0.05, 0) is 12.1 Å². The third-order valence-electron chi connectivity index (χ3n) is 2.84. The Bertz CT molecular complexity index is 726. The Balaban J connectivity index is 0.000000381. The number of carboxylic acid groups (broad SMARTS) is 2. The fourth-order valence-corrected chi connectivity index (χ4v) is 1.74. The van der Waals surface area contributed by atoms with Gasteiger partial charge in [-0.1, -0.05) is 12.1 Å². The number of benzene rings is 1.